The Hall–Kier alpha value is -5.17. The molecule has 0 aromatic heterocycles. The summed E-state index contributed by atoms with van der Waals surface area (Å²) >= 11 is 0. The lowest BCUT2D eigenvalue weighted by Gasteiger charge is -2.21. The molecule has 230 valence electrons. The zero-order valence-electron chi connectivity index (χ0n) is 25.4. The van der Waals surface area contributed by atoms with Crippen LogP contribution in [0.1, 0.15) is 39.9 Å². The lowest BCUT2D eigenvalue weighted by atomic mass is 10.00. The van der Waals surface area contributed by atoms with Gasteiger partial charge in [0, 0.05) is 35.9 Å². The number of hydrogen-bond acceptors (Lipinski definition) is 6. The van der Waals surface area contributed by atoms with Crippen LogP contribution in [-0.2, 0) is 20.7 Å². The maximum Gasteiger partial charge on any atom is 0.328 e. The van der Waals surface area contributed by atoms with Crippen molar-refractivity contribution in [1.29, 1.82) is 0 Å². The molecule has 4 aromatic carbocycles. The minimum absolute atomic E-state index is 0.0157. The summed E-state index contributed by atoms with van der Waals surface area (Å²) in [6, 6.07) is 32.8. The maximum atomic E-state index is 13.2. The van der Waals surface area contributed by atoms with Crippen molar-refractivity contribution >= 4 is 29.4 Å². The van der Waals surface area contributed by atoms with Crippen LogP contribution in [0.15, 0.2) is 115 Å². The summed E-state index contributed by atoms with van der Waals surface area (Å²) in [5, 5.41) is 3.24. The van der Waals surface area contributed by atoms with Crippen LogP contribution in [0.2, 0.25) is 0 Å². The molecule has 5 rings (SSSR count). The van der Waals surface area contributed by atoms with Gasteiger partial charge in [0.05, 0.1) is 13.7 Å². The Labute approximate surface area is 264 Å². The minimum atomic E-state index is -0.711. The standard InChI is InChI=1S/C38H38N2O5/c1-44-38(43)35(39-34-15-9-8-14-33(34)37(42)31-12-6-3-7-13-31)26-29-18-21-32(22-19-29)45-25-24-40(27-30-16-17-30)36(41)23-20-28-10-4-2-5-11-28/h2-15,18-23,30,35,39H,16-17,24-27H2,1H3/t35-/m0/s1. The van der Waals surface area contributed by atoms with Crippen LogP contribution in [0.4, 0.5) is 5.69 Å². The van der Waals surface area contributed by atoms with E-state index in [1.54, 1.807) is 36.4 Å². The second-order valence-corrected chi connectivity index (χ2v) is 11.1. The first-order chi connectivity index (χ1) is 22.0. The van der Waals surface area contributed by atoms with Crippen molar-refractivity contribution in [1.82, 2.24) is 4.90 Å². The van der Waals surface area contributed by atoms with E-state index in [9.17, 15) is 14.4 Å². The molecule has 1 fully saturated rings. The van der Waals surface area contributed by atoms with Gasteiger partial charge in [-0.1, -0.05) is 84.9 Å². The molecular formula is C38H38N2O5. The molecule has 0 saturated heterocycles. The number of carbonyl (C=O) groups excluding carboxylic acids is 3. The number of amides is 1. The monoisotopic (exact) mass is 602 g/mol. The SMILES string of the molecule is COC(=O)[C@H](Cc1ccc(OCCN(CC2CC2)C(=O)C=Cc2ccccc2)cc1)Nc1ccccc1C(=O)c1ccccc1. The van der Waals surface area contributed by atoms with Gasteiger partial charge < -0.3 is 19.7 Å². The van der Waals surface area contributed by atoms with E-state index in [0.29, 0.717) is 48.1 Å². The second kappa shape index (κ2) is 15.5. The van der Waals surface area contributed by atoms with Gasteiger partial charge in [0.25, 0.3) is 0 Å². The molecule has 1 aliphatic carbocycles. The van der Waals surface area contributed by atoms with E-state index in [2.05, 4.69) is 5.32 Å². The van der Waals surface area contributed by atoms with E-state index >= 15 is 0 Å². The number of anilines is 1. The maximum absolute atomic E-state index is 13.2. The number of nitrogens with zero attached hydrogens (tertiary/aromatic N) is 1. The van der Waals surface area contributed by atoms with Crippen molar-refractivity contribution in [2.24, 2.45) is 5.92 Å². The smallest absolute Gasteiger partial charge is 0.328 e. The van der Waals surface area contributed by atoms with E-state index in [1.807, 2.05) is 89.8 Å². The topological polar surface area (TPSA) is 84.9 Å². The molecule has 1 amide bonds. The molecule has 1 atom stereocenters. The van der Waals surface area contributed by atoms with Gasteiger partial charge in [0.1, 0.15) is 18.4 Å². The molecule has 0 radical (unpaired) electrons. The first-order valence-corrected chi connectivity index (χ1v) is 15.3. The highest BCUT2D eigenvalue weighted by atomic mass is 16.5. The molecule has 1 saturated carbocycles. The Balaban J connectivity index is 1.18. The molecule has 7 heteroatoms. The molecule has 0 spiro atoms. The van der Waals surface area contributed by atoms with E-state index in [1.165, 1.54) is 7.11 Å². The first kappa shape index (κ1) is 31.3. The normalized spacial score (nSPS) is 13.2. The molecule has 1 N–H and O–H groups in total. The van der Waals surface area contributed by atoms with E-state index in [-0.39, 0.29) is 11.7 Å². The lowest BCUT2D eigenvalue weighted by Crippen LogP contribution is -2.35. The number of hydrogen-bond donors (Lipinski definition) is 1. The highest BCUT2D eigenvalue weighted by Crippen LogP contribution is 2.30. The number of esters is 1. The van der Waals surface area contributed by atoms with Crippen molar-refractivity contribution in [3.63, 3.8) is 0 Å². The van der Waals surface area contributed by atoms with Crippen LogP contribution in [0.25, 0.3) is 6.08 Å². The average molecular weight is 603 g/mol. The summed E-state index contributed by atoms with van der Waals surface area (Å²) in [6.45, 7) is 1.60. The summed E-state index contributed by atoms with van der Waals surface area (Å²) in [6.07, 6.45) is 6.14. The van der Waals surface area contributed by atoms with Gasteiger partial charge in [-0.25, -0.2) is 4.79 Å². The number of rotatable bonds is 15. The number of benzene rings is 4. The highest BCUT2D eigenvalue weighted by molar-refractivity contribution is 6.12. The molecule has 4 aromatic rings. The molecule has 0 heterocycles. The van der Waals surface area contributed by atoms with Crippen LogP contribution in [0.5, 0.6) is 5.75 Å². The zero-order valence-corrected chi connectivity index (χ0v) is 25.4. The highest BCUT2D eigenvalue weighted by Gasteiger charge is 2.26. The Morgan fingerprint density at radius 2 is 1.53 bits per heavy atom. The summed E-state index contributed by atoms with van der Waals surface area (Å²) in [5.74, 6) is 0.669. The Bertz CT molecular complexity index is 1600. The predicted molar refractivity (Wildman–Crippen MR) is 176 cm³/mol. The molecule has 0 bridgehead atoms. The van der Waals surface area contributed by atoms with Gasteiger partial charge in [-0.15, -0.1) is 0 Å². The molecule has 1 aliphatic rings. The summed E-state index contributed by atoms with van der Waals surface area (Å²) < 4.78 is 11.1. The second-order valence-electron chi connectivity index (χ2n) is 11.1. The van der Waals surface area contributed by atoms with Crippen molar-refractivity contribution in [2.75, 3.05) is 32.1 Å². The largest absolute Gasteiger partial charge is 0.492 e. The summed E-state index contributed by atoms with van der Waals surface area (Å²) in [7, 11) is 1.35. The quantitative estimate of drug-likeness (QED) is 0.0957. The van der Waals surface area contributed by atoms with Crippen LogP contribution >= 0.6 is 0 Å². The third kappa shape index (κ3) is 9.16. The van der Waals surface area contributed by atoms with E-state index in [4.69, 9.17) is 9.47 Å². The molecular weight excluding hydrogens is 564 g/mol. The number of methoxy groups -OCH3 is 1. The van der Waals surface area contributed by atoms with Crippen molar-refractivity contribution in [3.8, 4) is 5.75 Å². The van der Waals surface area contributed by atoms with Gasteiger partial charge >= 0.3 is 5.97 Å². The Kier molecular flexibility index (Phi) is 10.8. The zero-order chi connectivity index (χ0) is 31.4. The van der Waals surface area contributed by atoms with Gasteiger partial charge in [-0.3, -0.25) is 9.59 Å². The van der Waals surface area contributed by atoms with Gasteiger partial charge in [0.15, 0.2) is 5.78 Å². The molecule has 0 aliphatic heterocycles. The fourth-order valence-corrected chi connectivity index (χ4v) is 5.05. The van der Waals surface area contributed by atoms with E-state index < -0.39 is 12.0 Å². The van der Waals surface area contributed by atoms with Gasteiger partial charge in [-0.05, 0) is 60.2 Å². The van der Waals surface area contributed by atoms with Crippen molar-refractivity contribution in [2.45, 2.75) is 25.3 Å². The first-order valence-electron chi connectivity index (χ1n) is 15.3. The van der Waals surface area contributed by atoms with Crippen LogP contribution in [0.3, 0.4) is 0 Å². The Morgan fingerprint density at radius 1 is 0.867 bits per heavy atom. The molecule has 45 heavy (non-hydrogen) atoms. The van der Waals surface area contributed by atoms with Crippen LogP contribution < -0.4 is 10.1 Å². The van der Waals surface area contributed by atoms with Gasteiger partial charge in [0.2, 0.25) is 5.91 Å². The number of carbonyl (C=O) groups is 3. The van der Waals surface area contributed by atoms with Gasteiger partial charge in [-0.2, -0.15) is 0 Å². The number of nitrogens with one attached hydrogen (secondary N) is 1. The van der Waals surface area contributed by atoms with Crippen LogP contribution in [0, 0.1) is 5.92 Å². The van der Waals surface area contributed by atoms with Crippen molar-refractivity contribution in [3.05, 3.63) is 138 Å². The number of ether oxygens (including phenoxy) is 2. The summed E-state index contributed by atoms with van der Waals surface area (Å²) in [4.78, 5) is 40.8. The fourth-order valence-electron chi connectivity index (χ4n) is 5.05. The lowest BCUT2D eigenvalue weighted by molar-refractivity contribution is -0.141. The minimum Gasteiger partial charge on any atom is -0.492 e. The van der Waals surface area contributed by atoms with Crippen molar-refractivity contribution < 1.29 is 23.9 Å². The average Bonchev–Trinajstić information content (AvgIpc) is 3.92. The number of para-hydroxylation sites is 1. The summed E-state index contributed by atoms with van der Waals surface area (Å²) in [5.41, 5.74) is 3.49. The third-order valence-corrected chi connectivity index (χ3v) is 7.72. The number of ketones is 1. The molecule has 7 nitrogen and oxygen atoms in total. The predicted octanol–water partition coefficient (Wildman–Crippen LogP) is 6.44. The molecule has 0 unspecified atom stereocenters. The van der Waals surface area contributed by atoms with E-state index in [0.717, 1.165) is 30.5 Å². The Morgan fingerprint density at radius 3 is 2.22 bits per heavy atom. The third-order valence-electron chi connectivity index (χ3n) is 7.72. The van der Waals surface area contributed by atoms with Crippen LogP contribution in [-0.4, -0.2) is 55.4 Å². The fraction of sp³-hybridized carbons (Fsp3) is 0.237.